The maximum atomic E-state index is 15.1. The molecule has 3 aromatic heterocycles. The van der Waals surface area contributed by atoms with E-state index in [2.05, 4.69) is 30.2 Å². The van der Waals surface area contributed by atoms with Crippen LogP contribution in [0.1, 0.15) is 18.5 Å². The van der Waals surface area contributed by atoms with Gasteiger partial charge >= 0.3 is 6.01 Å². The van der Waals surface area contributed by atoms with Gasteiger partial charge in [0.1, 0.15) is 23.0 Å². The number of benzene rings is 1. The van der Waals surface area contributed by atoms with Crippen LogP contribution in [0.3, 0.4) is 0 Å². The molecule has 0 radical (unpaired) electrons. The van der Waals surface area contributed by atoms with Gasteiger partial charge in [-0.25, -0.2) is 8.78 Å². The van der Waals surface area contributed by atoms with Gasteiger partial charge in [0.2, 0.25) is 0 Å². The fraction of sp³-hybridized carbons (Fsp3) is 0.348. The summed E-state index contributed by atoms with van der Waals surface area (Å²) >= 11 is 0. The van der Waals surface area contributed by atoms with Gasteiger partial charge in [-0.1, -0.05) is 0 Å². The second-order valence-corrected chi connectivity index (χ2v) is 8.98. The Labute approximate surface area is 188 Å². The maximum Gasteiger partial charge on any atom is 0.326 e. The number of pyridine rings is 1. The second kappa shape index (κ2) is 6.98. The van der Waals surface area contributed by atoms with Crippen molar-refractivity contribution in [1.82, 2.24) is 19.9 Å². The molecule has 8 nitrogen and oxygen atoms in total. The predicted octanol–water partition coefficient (Wildman–Crippen LogP) is 3.85. The van der Waals surface area contributed by atoms with E-state index in [1.807, 2.05) is 13.0 Å². The van der Waals surface area contributed by atoms with Gasteiger partial charge in [0, 0.05) is 43.4 Å². The van der Waals surface area contributed by atoms with Gasteiger partial charge < -0.3 is 25.7 Å². The van der Waals surface area contributed by atoms with E-state index in [1.54, 1.807) is 19.3 Å². The van der Waals surface area contributed by atoms with Crippen LogP contribution < -0.4 is 20.7 Å². The van der Waals surface area contributed by atoms with E-state index >= 15 is 4.39 Å². The Balaban J connectivity index is 1.57. The Morgan fingerprint density at radius 3 is 2.70 bits per heavy atom. The monoisotopic (exact) mass is 451 g/mol. The van der Waals surface area contributed by atoms with Gasteiger partial charge in [-0.05, 0) is 31.9 Å². The molecular weight excluding hydrogens is 428 g/mol. The number of halogens is 2. The molecule has 1 aromatic carbocycles. The Kier molecular flexibility index (Phi) is 4.25. The smallest absolute Gasteiger partial charge is 0.326 e. The van der Waals surface area contributed by atoms with Gasteiger partial charge in [0.15, 0.2) is 5.82 Å². The van der Waals surface area contributed by atoms with Crippen molar-refractivity contribution in [2.24, 2.45) is 11.1 Å². The number of ether oxygens (including phenoxy) is 1. The molecule has 1 saturated carbocycles. The van der Waals surface area contributed by atoms with Crippen molar-refractivity contribution in [3.8, 4) is 11.8 Å². The van der Waals surface area contributed by atoms with E-state index in [0.717, 1.165) is 31.1 Å². The second-order valence-electron chi connectivity index (χ2n) is 8.98. The van der Waals surface area contributed by atoms with Gasteiger partial charge in [0.25, 0.3) is 0 Å². The molecule has 0 bridgehead atoms. The number of aromatic nitrogens is 4. The van der Waals surface area contributed by atoms with Crippen LogP contribution in [0.2, 0.25) is 0 Å². The molecule has 10 heteroatoms. The summed E-state index contributed by atoms with van der Waals surface area (Å²) in [5.41, 5.74) is 8.18. The molecule has 33 heavy (non-hydrogen) atoms. The molecule has 6 rings (SSSR count). The number of hydrogen-bond acceptors (Lipinski definition) is 7. The minimum atomic E-state index is -0.689. The van der Waals surface area contributed by atoms with Crippen LogP contribution in [0.5, 0.6) is 11.8 Å². The molecule has 1 atom stereocenters. The minimum Gasteiger partial charge on any atom is -0.423 e. The summed E-state index contributed by atoms with van der Waals surface area (Å²) in [6, 6.07) is 4.58. The Bertz CT molecular complexity index is 1400. The summed E-state index contributed by atoms with van der Waals surface area (Å²) in [4.78, 5) is 18.6. The van der Waals surface area contributed by atoms with E-state index in [1.165, 1.54) is 0 Å². The molecule has 2 aliphatic rings. The lowest BCUT2D eigenvalue weighted by molar-refractivity contribution is 0.441. The SMILES string of the molecule is CNc1c(F)cc(F)c2c1[nH]c1nc(Oc3ccc(C)nc3)nc(N3C[C@H](N)C4(CC4)C3)c12. The number of fused-ring (bicyclic) bond motifs is 3. The molecule has 0 amide bonds. The molecule has 4 aromatic rings. The van der Waals surface area contributed by atoms with Crippen molar-refractivity contribution >= 4 is 33.4 Å². The van der Waals surface area contributed by atoms with Gasteiger partial charge in [0.05, 0.1) is 28.2 Å². The first-order chi connectivity index (χ1) is 15.9. The first-order valence-corrected chi connectivity index (χ1v) is 10.9. The highest BCUT2D eigenvalue weighted by molar-refractivity contribution is 6.15. The van der Waals surface area contributed by atoms with Crippen molar-refractivity contribution in [2.45, 2.75) is 25.8 Å². The van der Waals surface area contributed by atoms with Gasteiger partial charge in [-0.15, -0.1) is 0 Å². The zero-order valence-electron chi connectivity index (χ0n) is 18.2. The summed E-state index contributed by atoms with van der Waals surface area (Å²) < 4.78 is 35.4. The fourth-order valence-electron chi connectivity index (χ4n) is 4.84. The molecule has 1 spiro atoms. The maximum absolute atomic E-state index is 15.1. The average molecular weight is 451 g/mol. The third-order valence-corrected chi connectivity index (χ3v) is 6.84. The number of hydrogen-bond donors (Lipinski definition) is 3. The topological polar surface area (TPSA) is 105 Å². The summed E-state index contributed by atoms with van der Waals surface area (Å²) in [6.45, 7) is 3.19. The first kappa shape index (κ1) is 20.1. The third kappa shape index (κ3) is 3.08. The molecule has 1 aliphatic carbocycles. The highest BCUT2D eigenvalue weighted by Gasteiger charge is 2.54. The summed E-state index contributed by atoms with van der Waals surface area (Å²) in [6.07, 6.45) is 3.72. The molecule has 170 valence electrons. The fourth-order valence-corrected chi connectivity index (χ4v) is 4.84. The Hall–Kier alpha value is -3.53. The third-order valence-electron chi connectivity index (χ3n) is 6.84. The van der Waals surface area contributed by atoms with Gasteiger partial charge in [-0.3, -0.25) is 4.98 Å². The summed E-state index contributed by atoms with van der Waals surface area (Å²) in [5.74, 6) is -0.371. The average Bonchev–Trinajstić information content (AvgIpc) is 3.35. The van der Waals surface area contributed by atoms with Crippen LogP contribution >= 0.6 is 0 Å². The van der Waals surface area contributed by atoms with Crippen LogP contribution in [0.15, 0.2) is 24.4 Å². The van der Waals surface area contributed by atoms with Crippen LogP contribution in [0, 0.1) is 24.0 Å². The number of H-pyrrole nitrogens is 1. The molecule has 0 unspecified atom stereocenters. The zero-order valence-corrected chi connectivity index (χ0v) is 18.2. The largest absolute Gasteiger partial charge is 0.423 e. The minimum absolute atomic E-state index is 0.00792. The number of rotatable bonds is 4. The molecule has 2 fully saturated rings. The number of anilines is 2. The number of nitrogens with zero attached hydrogens (tertiary/aromatic N) is 4. The molecule has 1 aliphatic heterocycles. The van der Waals surface area contributed by atoms with E-state index in [-0.39, 0.29) is 28.5 Å². The molecule has 4 N–H and O–H groups in total. The van der Waals surface area contributed by atoms with E-state index in [9.17, 15) is 4.39 Å². The summed E-state index contributed by atoms with van der Waals surface area (Å²) in [7, 11) is 1.59. The number of aromatic amines is 1. The molecule has 4 heterocycles. The zero-order chi connectivity index (χ0) is 22.9. The lowest BCUT2D eigenvalue weighted by Gasteiger charge is -2.19. The van der Waals surface area contributed by atoms with Crippen molar-refractivity contribution in [3.63, 3.8) is 0 Å². The first-order valence-electron chi connectivity index (χ1n) is 10.9. The predicted molar refractivity (Wildman–Crippen MR) is 122 cm³/mol. The van der Waals surface area contributed by atoms with Crippen LogP contribution in [-0.2, 0) is 0 Å². The van der Waals surface area contributed by atoms with E-state index in [0.29, 0.717) is 34.7 Å². The van der Waals surface area contributed by atoms with E-state index < -0.39 is 11.6 Å². The van der Waals surface area contributed by atoms with Crippen LogP contribution in [-0.4, -0.2) is 46.1 Å². The van der Waals surface area contributed by atoms with Crippen molar-refractivity contribution in [3.05, 3.63) is 41.7 Å². The lowest BCUT2D eigenvalue weighted by Crippen LogP contribution is -2.30. The lowest BCUT2D eigenvalue weighted by atomic mass is 10.0. The van der Waals surface area contributed by atoms with Crippen molar-refractivity contribution < 1.29 is 13.5 Å². The van der Waals surface area contributed by atoms with Crippen molar-refractivity contribution in [2.75, 3.05) is 30.4 Å². The highest BCUT2D eigenvalue weighted by Crippen LogP contribution is 2.53. The van der Waals surface area contributed by atoms with Crippen molar-refractivity contribution in [1.29, 1.82) is 0 Å². The quantitative estimate of drug-likeness (QED) is 0.433. The standard InChI is InChI=1S/C23H23F2N7O/c1-11-3-4-12(8-28-11)33-22-30-20-17(16-13(24)7-14(25)18(27-2)19(16)29-20)21(31-22)32-9-15(26)23(10-32)5-6-23/h3-4,7-8,15,27H,5-6,9-10,26H2,1-2H3,(H,29,30,31)/t15-/m0/s1. The number of nitrogens with two attached hydrogens (primary N) is 1. The Morgan fingerprint density at radius 1 is 1.21 bits per heavy atom. The Morgan fingerprint density at radius 2 is 2.03 bits per heavy atom. The number of aryl methyl sites for hydroxylation is 1. The molecular formula is C23H23F2N7O. The van der Waals surface area contributed by atoms with E-state index in [4.69, 9.17) is 10.5 Å². The molecule has 1 saturated heterocycles. The number of nitrogens with one attached hydrogen (secondary N) is 2. The summed E-state index contributed by atoms with van der Waals surface area (Å²) in [5, 5.41) is 3.53. The van der Waals surface area contributed by atoms with Gasteiger partial charge in [-0.2, -0.15) is 9.97 Å². The normalized spacial score (nSPS) is 19.1. The highest BCUT2D eigenvalue weighted by atomic mass is 19.1. The van der Waals surface area contributed by atoms with Crippen LogP contribution in [0.25, 0.3) is 21.9 Å². The van der Waals surface area contributed by atoms with Crippen LogP contribution in [0.4, 0.5) is 20.3 Å².